The number of fused-ring (bicyclic) bond motifs is 2. The maximum Gasteiger partial charge on any atom is 0.313 e. The van der Waals surface area contributed by atoms with Gasteiger partial charge >= 0.3 is 5.97 Å². The average Bonchev–Trinajstić information content (AvgIpc) is 3.39. The molecule has 5 rings (SSSR count). The minimum Gasteiger partial charge on any atom is -0.465 e. The van der Waals surface area contributed by atoms with Gasteiger partial charge in [-0.1, -0.05) is 51.5 Å². The van der Waals surface area contributed by atoms with Gasteiger partial charge in [-0.05, 0) is 69.7 Å². The van der Waals surface area contributed by atoms with Crippen molar-refractivity contribution in [2.45, 2.75) is 90.0 Å². The Kier molecular flexibility index (Phi) is 9.56. The molecule has 2 saturated heterocycles. The number of carbonyl (C=O) groups excluding carboxylic acids is 3. The highest BCUT2D eigenvalue weighted by Crippen LogP contribution is 2.59. The van der Waals surface area contributed by atoms with Crippen molar-refractivity contribution in [1.82, 2.24) is 4.90 Å². The predicted octanol–water partition coefficient (Wildman–Crippen LogP) is 4.49. The minimum absolute atomic E-state index is 0.0894. The van der Waals surface area contributed by atoms with Crippen LogP contribution in [-0.4, -0.2) is 83.9 Å². The smallest absolute Gasteiger partial charge is 0.313 e. The summed E-state index contributed by atoms with van der Waals surface area (Å²) in [6.45, 7) is 12.2. The van der Waals surface area contributed by atoms with E-state index in [-0.39, 0.29) is 37.5 Å². The Morgan fingerprint density at radius 2 is 1.70 bits per heavy atom. The highest BCUT2D eigenvalue weighted by molar-refractivity contribution is 6.06. The maximum absolute atomic E-state index is 14.9. The van der Waals surface area contributed by atoms with Crippen molar-refractivity contribution in [2.24, 2.45) is 17.8 Å². The molecule has 7 atom stereocenters. The molecule has 2 fully saturated rings. The summed E-state index contributed by atoms with van der Waals surface area (Å²) >= 11 is 0. The molecule has 4 aliphatic heterocycles. The summed E-state index contributed by atoms with van der Waals surface area (Å²) in [5.74, 6) is -3.06. The van der Waals surface area contributed by atoms with Gasteiger partial charge in [0.25, 0.3) is 5.91 Å². The number of benzene rings is 1. The highest BCUT2D eigenvalue weighted by Gasteiger charge is 2.76. The Morgan fingerprint density at radius 3 is 2.34 bits per heavy atom. The summed E-state index contributed by atoms with van der Waals surface area (Å²) in [6.07, 6.45) is 11.3. The molecular weight excluding hydrogens is 558 g/mol. The maximum atomic E-state index is 14.9. The first kappa shape index (κ1) is 32.2. The quantitative estimate of drug-likeness (QED) is 0.326. The lowest BCUT2D eigenvalue weighted by molar-refractivity contribution is -0.162. The molecular formula is C35H49N3O6. The van der Waals surface area contributed by atoms with Crippen LogP contribution >= 0.6 is 0 Å². The summed E-state index contributed by atoms with van der Waals surface area (Å²) < 4.78 is 12.9. The molecule has 0 saturated carbocycles. The number of nitrogens with zero attached hydrogens (tertiary/aromatic N) is 3. The van der Waals surface area contributed by atoms with Gasteiger partial charge in [0, 0.05) is 31.0 Å². The molecule has 9 heteroatoms. The topological polar surface area (TPSA) is 99.6 Å². The van der Waals surface area contributed by atoms with E-state index in [4.69, 9.17) is 9.47 Å². The van der Waals surface area contributed by atoms with E-state index in [1.807, 2.05) is 69.3 Å². The molecule has 1 spiro atoms. The van der Waals surface area contributed by atoms with Crippen LogP contribution in [-0.2, 0) is 23.9 Å². The van der Waals surface area contributed by atoms with Crippen LogP contribution in [0.3, 0.4) is 0 Å². The van der Waals surface area contributed by atoms with E-state index in [1.165, 1.54) is 0 Å². The number of hydrogen-bond acceptors (Lipinski definition) is 7. The first-order valence-corrected chi connectivity index (χ1v) is 16.5. The van der Waals surface area contributed by atoms with Gasteiger partial charge in [-0.3, -0.25) is 14.4 Å². The second kappa shape index (κ2) is 13.1. The molecule has 4 aliphatic rings. The number of amides is 2. The van der Waals surface area contributed by atoms with Crippen LogP contribution in [0.5, 0.6) is 0 Å². The van der Waals surface area contributed by atoms with E-state index in [2.05, 4.69) is 18.7 Å². The van der Waals surface area contributed by atoms with Crippen molar-refractivity contribution < 1.29 is 29.0 Å². The van der Waals surface area contributed by atoms with E-state index < -0.39 is 41.1 Å². The third kappa shape index (κ3) is 5.15. The lowest BCUT2D eigenvalue weighted by Crippen LogP contribution is -2.60. The molecule has 2 amide bonds. The average molecular weight is 608 g/mol. The van der Waals surface area contributed by atoms with Crippen molar-refractivity contribution in [2.75, 3.05) is 42.6 Å². The van der Waals surface area contributed by atoms with Crippen molar-refractivity contribution in [3.8, 4) is 0 Å². The number of aliphatic hydroxyl groups is 1. The lowest BCUT2D eigenvalue weighted by atomic mass is 9.73. The number of anilines is 2. The standard InChI is InChI=1S/C35H49N3O6/c1-6-24(5)27(23-39)38-30-32(41)37(26-17-15-25(16-18-26)36(8-3)9-4)21-14-20-35(30)28(31(38)40)29-33(42)43-22-13-11-10-12-19-34(29,7-2)44-35/h12,14-20,24,27-30,39H,6-11,13,21-23H2,1-5H3/b19-12-/t24-,27-,28-,29-,30?,34+,35-/m0/s1. The first-order chi connectivity index (χ1) is 21.2. The number of rotatable bonds is 9. The van der Waals surface area contributed by atoms with Gasteiger partial charge in [-0.15, -0.1) is 0 Å². The number of aliphatic hydroxyl groups excluding tert-OH is 1. The van der Waals surface area contributed by atoms with Crippen molar-refractivity contribution >= 4 is 29.2 Å². The fourth-order valence-electron chi connectivity index (χ4n) is 7.81. The van der Waals surface area contributed by atoms with Gasteiger partial charge < -0.3 is 29.3 Å². The van der Waals surface area contributed by atoms with E-state index in [9.17, 15) is 19.5 Å². The summed E-state index contributed by atoms with van der Waals surface area (Å²) in [5, 5.41) is 10.7. The van der Waals surface area contributed by atoms with Crippen LogP contribution in [0.25, 0.3) is 0 Å². The van der Waals surface area contributed by atoms with E-state index in [0.29, 0.717) is 18.5 Å². The van der Waals surface area contributed by atoms with Gasteiger partial charge in [-0.25, -0.2) is 0 Å². The Bertz CT molecular complexity index is 1280. The van der Waals surface area contributed by atoms with Crippen LogP contribution in [0, 0.1) is 17.8 Å². The zero-order valence-corrected chi connectivity index (χ0v) is 26.9. The monoisotopic (exact) mass is 607 g/mol. The largest absolute Gasteiger partial charge is 0.465 e. The Labute approximate surface area is 261 Å². The Hall–Kier alpha value is -3.17. The van der Waals surface area contributed by atoms with Gasteiger partial charge in [0.05, 0.1) is 25.2 Å². The molecule has 1 N–H and O–H groups in total. The Balaban J connectivity index is 1.65. The van der Waals surface area contributed by atoms with E-state index in [0.717, 1.165) is 38.0 Å². The molecule has 0 bridgehead atoms. The molecule has 1 aromatic carbocycles. The number of allylic oxidation sites excluding steroid dienone is 1. The van der Waals surface area contributed by atoms with Gasteiger partial charge in [0.1, 0.15) is 23.2 Å². The molecule has 0 aromatic heterocycles. The summed E-state index contributed by atoms with van der Waals surface area (Å²) in [7, 11) is 0. The molecule has 4 heterocycles. The zero-order valence-electron chi connectivity index (χ0n) is 26.9. The highest BCUT2D eigenvalue weighted by atomic mass is 16.6. The molecule has 44 heavy (non-hydrogen) atoms. The third-order valence-corrected chi connectivity index (χ3v) is 10.5. The zero-order chi connectivity index (χ0) is 31.6. The van der Waals surface area contributed by atoms with Gasteiger partial charge in [0.2, 0.25) is 5.91 Å². The Morgan fingerprint density at radius 1 is 0.977 bits per heavy atom. The fraction of sp³-hybridized carbons (Fsp3) is 0.629. The van der Waals surface area contributed by atoms with Gasteiger partial charge in [-0.2, -0.15) is 0 Å². The van der Waals surface area contributed by atoms with Crippen LogP contribution in [0.15, 0.2) is 48.6 Å². The SMILES string of the molecule is CC[C@H](C)[C@H](CO)N1C(=O)[C@@H]2[C@H]3C(=O)OCCCC/C=C\[C@@]3(CC)O[C@@]23C=CCN(c2ccc(N(CC)CC)cc2)C(=O)C13. The molecule has 1 aromatic rings. The molecule has 9 nitrogen and oxygen atoms in total. The van der Waals surface area contributed by atoms with Crippen molar-refractivity contribution in [3.05, 3.63) is 48.6 Å². The molecule has 240 valence electrons. The van der Waals surface area contributed by atoms with Crippen molar-refractivity contribution in [1.29, 1.82) is 0 Å². The molecule has 0 radical (unpaired) electrons. The normalized spacial score (nSPS) is 32.3. The third-order valence-electron chi connectivity index (χ3n) is 10.5. The second-order valence-corrected chi connectivity index (χ2v) is 12.6. The van der Waals surface area contributed by atoms with Crippen LogP contribution < -0.4 is 9.80 Å². The van der Waals surface area contributed by atoms with E-state index in [1.54, 1.807) is 9.80 Å². The number of carbonyl (C=O) groups is 3. The first-order valence-electron chi connectivity index (χ1n) is 16.5. The van der Waals surface area contributed by atoms with Crippen molar-refractivity contribution in [3.63, 3.8) is 0 Å². The number of likely N-dealkylation sites (tertiary alicyclic amines) is 1. The van der Waals surface area contributed by atoms with Crippen LogP contribution in [0.1, 0.15) is 66.7 Å². The summed E-state index contributed by atoms with van der Waals surface area (Å²) in [4.78, 5) is 49.0. The van der Waals surface area contributed by atoms with E-state index >= 15 is 0 Å². The van der Waals surface area contributed by atoms with Crippen LogP contribution in [0.2, 0.25) is 0 Å². The fourth-order valence-corrected chi connectivity index (χ4v) is 7.81. The van der Waals surface area contributed by atoms with Gasteiger partial charge in [0.15, 0.2) is 0 Å². The summed E-state index contributed by atoms with van der Waals surface area (Å²) in [5.41, 5.74) is -0.715. The number of ether oxygens (including phenoxy) is 2. The van der Waals surface area contributed by atoms with Crippen LogP contribution in [0.4, 0.5) is 11.4 Å². The minimum atomic E-state index is -1.40. The second-order valence-electron chi connectivity index (χ2n) is 12.6. The number of esters is 1. The number of cyclic esters (lactones) is 1. The summed E-state index contributed by atoms with van der Waals surface area (Å²) in [6, 6.07) is 6.24. The number of hydrogen-bond donors (Lipinski definition) is 1. The molecule has 1 unspecified atom stereocenters. The predicted molar refractivity (Wildman–Crippen MR) is 170 cm³/mol. The lowest BCUT2D eigenvalue weighted by Gasteiger charge is -2.42. The molecule has 0 aliphatic carbocycles.